The predicted molar refractivity (Wildman–Crippen MR) is 129 cm³/mol. The monoisotopic (exact) mass is 464 g/mol. The summed E-state index contributed by atoms with van der Waals surface area (Å²) in [5, 5.41) is 14.6. The topological polar surface area (TPSA) is 78.4 Å². The van der Waals surface area contributed by atoms with Gasteiger partial charge in [0, 0.05) is 13.6 Å². The van der Waals surface area contributed by atoms with Crippen LogP contribution in [0.2, 0.25) is 0 Å². The van der Waals surface area contributed by atoms with E-state index >= 15 is 0 Å². The van der Waals surface area contributed by atoms with E-state index in [1.807, 2.05) is 43.3 Å². The molecule has 4 aromatic rings. The predicted octanol–water partition coefficient (Wildman–Crippen LogP) is 4.60. The van der Waals surface area contributed by atoms with Gasteiger partial charge in [-0.2, -0.15) is 0 Å². The fourth-order valence-corrected chi connectivity index (χ4v) is 4.87. The van der Waals surface area contributed by atoms with Crippen LogP contribution in [0.3, 0.4) is 0 Å². The second-order valence-corrected chi connectivity index (χ2v) is 8.84. The Bertz CT molecular complexity index is 1260. The van der Waals surface area contributed by atoms with Crippen molar-refractivity contribution in [1.29, 1.82) is 0 Å². The quantitative estimate of drug-likeness (QED) is 0.399. The Morgan fingerprint density at radius 2 is 1.88 bits per heavy atom. The van der Waals surface area contributed by atoms with E-state index in [9.17, 15) is 14.3 Å². The molecule has 0 saturated heterocycles. The number of carbonyl (C=O) groups excluding carboxylic acids is 1. The van der Waals surface area contributed by atoms with Crippen LogP contribution in [0.4, 0.5) is 10.2 Å². The van der Waals surface area contributed by atoms with Gasteiger partial charge in [0.15, 0.2) is 0 Å². The zero-order chi connectivity index (χ0) is 23.4. The lowest BCUT2D eigenvalue weighted by molar-refractivity contribution is 0.0685. The van der Waals surface area contributed by atoms with Crippen LogP contribution in [0.25, 0.3) is 10.2 Å². The summed E-state index contributed by atoms with van der Waals surface area (Å²) in [4.78, 5) is 24.6. The molecule has 8 heteroatoms. The fourth-order valence-electron chi connectivity index (χ4n) is 3.72. The third-order valence-corrected chi connectivity index (χ3v) is 6.73. The van der Waals surface area contributed by atoms with Gasteiger partial charge in [-0.25, -0.2) is 14.4 Å². The molecule has 0 spiro atoms. The Hall–Kier alpha value is -3.36. The number of aliphatic hydroxyl groups excluding tert-OH is 1. The molecule has 2 aromatic carbocycles. The zero-order valence-electron chi connectivity index (χ0n) is 18.5. The molecule has 4 rings (SSSR count). The third-order valence-electron chi connectivity index (χ3n) is 5.54. The molecule has 1 atom stereocenters. The highest BCUT2D eigenvalue weighted by Gasteiger charge is 2.23. The summed E-state index contributed by atoms with van der Waals surface area (Å²) in [6.45, 7) is 2.55. The lowest BCUT2D eigenvalue weighted by Crippen LogP contribution is -2.31. The maximum atomic E-state index is 13.9. The Kier molecular flexibility index (Phi) is 6.96. The Balaban J connectivity index is 1.50. The van der Waals surface area contributed by atoms with Gasteiger partial charge in [-0.15, -0.1) is 11.3 Å². The molecule has 0 aliphatic carbocycles. The third kappa shape index (κ3) is 5.02. The van der Waals surface area contributed by atoms with E-state index in [1.54, 1.807) is 19.2 Å². The number of anilines is 1. The van der Waals surface area contributed by atoms with Crippen molar-refractivity contribution in [2.75, 3.05) is 25.5 Å². The van der Waals surface area contributed by atoms with Crippen LogP contribution in [0.1, 0.15) is 32.5 Å². The number of hydrogen-bond acceptors (Lipinski definition) is 6. The lowest BCUT2D eigenvalue weighted by atomic mass is 10.1. The summed E-state index contributed by atoms with van der Waals surface area (Å²) < 4.78 is 13.9. The zero-order valence-corrected chi connectivity index (χ0v) is 19.3. The molecule has 0 radical (unpaired) electrons. The first-order valence-corrected chi connectivity index (χ1v) is 11.5. The van der Waals surface area contributed by atoms with Gasteiger partial charge in [0.25, 0.3) is 5.91 Å². The second kappa shape index (κ2) is 10.1. The molecule has 2 aromatic heterocycles. The number of likely N-dealkylation sites (N-methyl/N-ethyl adjacent to an activating group) is 1. The lowest BCUT2D eigenvalue weighted by Gasteiger charge is -2.21. The minimum absolute atomic E-state index is 0.177. The van der Waals surface area contributed by atoms with E-state index in [0.29, 0.717) is 34.1 Å². The van der Waals surface area contributed by atoms with Crippen molar-refractivity contribution < 1.29 is 14.3 Å². The van der Waals surface area contributed by atoms with Gasteiger partial charge < -0.3 is 15.3 Å². The van der Waals surface area contributed by atoms with E-state index < -0.39 is 6.10 Å². The van der Waals surface area contributed by atoms with Gasteiger partial charge in [-0.05, 0) is 36.1 Å². The van der Waals surface area contributed by atoms with Crippen molar-refractivity contribution in [3.05, 3.63) is 88.3 Å². The minimum atomic E-state index is -0.773. The molecule has 0 aliphatic heterocycles. The summed E-state index contributed by atoms with van der Waals surface area (Å²) in [5.74, 6) is 0.214. The second-order valence-electron chi connectivity index (χ2n) is 7.84. The summed E-state index contributed by atoms with van der Waals surface area (Å²) in [6.07, 6.45) is 1.19. The van der Waals surface area contributed by atoms with Gasteiger partial charge in [-0.3, -0.25) is 4.79 Å². The molecule has 1 amide bonds. The molecule has 0 aliphatic rings. The van der Waals surface area contributed by atoms with Crippen molar-refractivity contribution >= 4 is 33.3 Å². The van der Waals surface area contributed by atoms with E-state index in [0.717, 1.165) is 16.5 Å². The SMILES string of the molecule is Cc1c(C(=O)N(C)C[C@H](O)c2ccccc2)sc2ncnc(NCCc3ccccc3F)c12. The largest absolute Gasteiger partial charge is 0.387 e. The standard InChI is InChI=1S/C25H25FN4O2S/c1-16-21-23(27-13-12-17-8-6-7-11-19(17)26)28-15-29-24(21)33-22(16)25(32)30(2)14-20(31)18-9-4-3-5-10-18/h3-11,15,20,31H,12-14H2,1-2H3,(H,27,28,29)/t20-/m0/s1. The van der Waals surface area contributed by atoms with E-state index in [-0.39, 0.29) is 18.3 Å². The van der Waals surface area contributed by atoms with E-state index in [2.05, 4.69) is 15.3 Å². The van der Waals surface area contributed by atoms with Crippen molar-refractivity contribution in [2.45, 2.75) is 19.4 Å². The first kappa shape index (κ1) is 22.8. The maximum absolute atomic E-state index is 13.9. The number of aliphatic hydroxyl groups is 1. The maximum Gasteiger partial charge on any atom is 0.264 e. The van der Waals surface area contributed by atoms with Gasteiger partial charge in [0.1, 0.15) is 22.8 Å². The minimum Gasteiger partial charge on any atom is -0.387 e. The van der Waals surface area contributed by atoms with E-state index in [1.165, 1.54) is 28.6 Å². The number of hydrogen-bond donors (Lipinski definition) is 2. The van der Waals surface area contributed by atoms with Gasteiger partial charge in [0.05, 0.1) is 22.9 Å². The Labute approximate surface area is 195 Å². The molecule has 33 heavy (non-hydrogen) atoms. The molecular weight excluding hydrogens is 439 g/mol. The van der Waals surface area contributed by atoms with Crippen LogP contribution in [0.15, 0.2) is 60.9 Å². The number of rotatable bonds is 8. The Morgan fingerprint density at radius 3 is 2.64 bits per heavy atom. The van der Waals surface area contributed by atoms with Crippen molar-refractivity contribution in [1.82, 2.24) is 14.9 Å². The van der Waals surface area contributed by atoms with Crippen molar-refractivity contribution in [3.63, 3.8) is 0 Å². The number of aryl methyl sites for hydroxylation is 1. The van der Waals surface area contributed by atoms with Crippen LogP contribution in [0, 0.1) is 12.7 Å². The highest BCUT2D eigenvalue weighted by Crippen LogP contribution is 2.34. The average molecular weight is 465 g/mol. The van der Waals surface area contributed by atoms with E-state index in [4.69, 9.17) is 0 Å². The van der Waals surface area contributed by atoms with Crippen molar-refractivity contribution in [3.8, 4) is 0 Å². The van der Waals surface area contributed by atoms with Crippen LogP contribution in [-0.2, 0) is 6.42 Å². The highest BCUT2D eigenvalue weighted by atomic mass is 32.1. The summed E-state index contributed by atoms with van der Waals surface area (Å²) >= 11 is 1.31. The molecule has 2 heterocycles. The van der Waals surface area contributed by atoms with Crippen LogP contribution in [0.5, 0.6) is 0 Å². The number of thiophene rings is 1. The van der Waals surface area contributed by atoms with Crippen LogP contribution >= 0.6 is 11.3 Å². The number of nitrogens with one attached hydrogen (secondary N) is 1. The van der Waals surface area contributed by atoms with Crippen molar-refractivity contribution in [2.24, 2.45) is 0 Å². The number of aromatic nitrogens is 2. The number of amides is 1. The molecule has 0 bridgehead atoms. The van der Waals surface area contributed by atoms with Gasteiger partial charge in [-0.1, -0.05) is 48.5 Å². The first-order chi connectivity index (χ1) is 16.0. The first-order valence-electron chi connectivity index (χ1n) is 10.7. The summed E-state index contributed by atoms with van der Waals surface area (Å²) in [6, 6.07) is 16.0. The van der Waals surface area contributed by atoms with Crippen LogP contribution in [-0.4, -0.2) is 46.0 Å². The summed E-state index contributed by atoms with van der Waals surface area (Å²) in [5.41, 5.74) is 2.18. The molecule has 0 saturated carbocycles. The van der Waals surface area contributed by atoms with Gasteiger partial charge >= 0.3 is 0 Å². The molecule has 2 N–H and O–H groups in total. The Morgan fingerprint density at radius 1 is 1.15 bits per heavy atom. The number of benzene rings is 2. The average Bonchev–Trinajstić information content (AvgIpc) is 3.17. The smallest absolute Gasteiger partial charge is 0.264 e. The normalized spacial score (nSPS) is 12.0. The molecule has 6 nitrogen and oxygen atoms in total. The molecule has 0 fully saturated rings. The number of fused-ring (bicyclic) bond motifs is 1. The summed E-state index contributed by atoms with van der Waals surface area (Å²) in [7, 11) is 1.68. The number of nitrogens with zero attached hydrogens (tertiary/aromatic N) is 3. The molecular formula is C25H25FN4O2S. The fraction of sp³-hybridized carbons (Fsp3) is 0.240. The highest BCUT2D eigenvalue weighted by molar-refractivity contribution is 7.20. The molecule has 170 valence electrons. The molecule has 0 unspecified atom stereocenters. The van der Waals surface area contributed by atoms with Gasteiger partial charge in [0.2, 0.25) is 0 Å². The van der Waals surface area contributed by atoms with Crippen LogP contribution < -0.4 is 5.32 Å². The number of halogens is 1. The number of carbonyl (C=O) groups is 1.